The van der Waals surface area contributed by atoms with Crippen LogP contribution in [-0.2, 0) is 9.53 Å². The van der Waals surface area contributed by atoms with Crippen LogP contribution in [0.5, 0.6) is 0 Å². The van der Waals surface area contributed by atoms with Crippen LogP contribution in [-0.4, -0.2) is 27.5 Å². The third-order valence-electron chi connectivity index (χ3n) is 4.08. The fourth-order valence-electron chi connectivity index (χ4n) is 2.52. The lowest BCUT2D eigenvalue weighted by Gasteiger charge is -2.14. The molecule has 0 aliphatic heterocycles. The van der Waals surface area contributed by atoms with Gasteiger partial charge in [-0.3, -0.25) is 14.9 Å². The van der Waals surface area contributed by atoms with Crippen molar-refractivity contribution in [2.24, 2.45) is 0 Å². The topological polar surface area (TPSA) is 103 Å². The number of non-ortho nitro benzene ring substituents is 1. The molecule has 0 fully saturated rings. The first kappa shape index (κ1) is 20.1. The quantitative estimate of drug-likeness (QED) is 0.370. The molecule has 3 aromatic rings. The monoisotopic (exact) mass is 413 g/mol. The molecule has 0 aliphatic carbocycles. The van der Waals surface area contributed by atoms with E-state index >= 15 is 0 Å². The van der Waals surface area contributed by atoms with Crippen LogP contribution in [0.4, 0.5) is 11.4 Å². The van der Waals surface area contributed by atoms with Gasteiger partial charge in [0.05, 0.1) is 21.2 Å². The number of aromatic nitrogens is 1. The van der Waals surface area contributed by atoms with E-state index in [1.165, 1.54) is 19.1 Å². The molecule has 1 aromatic heterocycles. The van der Waals surface area contributed by atoms with Gasteiger partial charge in [0, 0.05) is 30.2 Å². The Balaban J connectivity index is 1.64. The normalized spacial score (nSPS) is 11.5. The minimum absolute atomic E-state index is 0.0600. The number of nitro groups is 1. The van der Waals surface area contributed by atoms with Crippen LogP contribution >= 0.6 is 11.6 Å². The van der Waals surface area contributed by atoms with E-state index in [1.807, 2.05) is 29.1 Å². The Bertz CT molecular complexity index is 1050. The summed E-state index contributed by atoms with van der Waals surface area (Å²) in [4.78, 5) is 34.9. The number of anilines is 1. The molecular weight excluding hydrogens is 398 g/mol. The molecule has 0 radical (unpaired) electrons. The number of amides is 1. The first-order valence-corrected chi connectivity index (χ1v) is 8.92. The second-order valence-electron chi connectivity index (χ2n) is 6.10. The molecule has 0 saturated heterocycles. The van der Waals surface area contributed by atoms with Crippen molar-refractivity contribution in [1.82, 2.24) is 4.57 Å². The van der Waals surface area contributed by atoms with Gasteiger partial charge >= 0.3 is 5.97 Å². The minimum atomic E-state index is -1.14. The van der Waals surface area contributed by atoms with Gasteiger partial charge in [0.25, 0.3) is 11.6 Å². The molecule has 29 heavy (non-hydrogen) atoms. The van der Waals surface area contributed by atoms with E-state index in [1.54, 1.807) is 24.3 Å². The fraction of sp³-hybridized carbons (Fsp3) is 0.100. The Morgan fingerprint density at radius 1 is 1.14 bits per heavy atom. The summed E-state index contributed by atoms with van der Waals surface area (Å²) in [7, 11) is 0. The Morgan fingerprint density at radius 3 is 2.41 bits per heavy atom. The smallest absolute Gasteiger partial charge is 0.338 e. The fourth-order valence-corrected chi connectivity index (χ4v) is 2.68. The van der Waals surface area contributed by atoms with Gasteiger partial charge in [-0.2, -0.15) is 0 Å². The molecule has 0 bridgehead atoms. The van der Waals surface area contributed by atoms with Crippen LogP contribution < -0.4 is 5.32 Å². The number of nitrogens with one attached hydrogen (secondary N) is 1. The van der Waals surface area contributed by atoms with Crippen molar-refractivity contribution in [2.45, 2.75) is 13.0 Å². The molecule has 9 heteroatoms. The van der Waals surface area contributed by atoms with Crippen LogP contribution in [0, 0.1) is 10.1 Å². The number of benzene rings is 2. The zero-order valence-electron chi connectivity index (χ0n) is 15.2. The summed E-state index contributed by atoms with van der Waals surface area (Å²) in [6.07, 6.45) is 2.61. The van der Waals surface area contributed by atoms with Crippen LogP contribution in [0.15, 0.2) is 67.0 Å². The largest absolute Gasteiger partial charge is 0.449 e. The van der Waals surface area contributed by atoms with Crippen molar-refractivity contribution >= 4 is 34.9 Å². The molecule has 1 heterocycles. The van der Waals surface area contributed by atoms with Gasteiger partial charge in [0.15, 0.2) is 6.10 Å². The van der Waals surface area contributed by atoms with Gasteiger partial charge in [-0.05, 0) is 49.4 Å². The first-order valence-electron chi connectivity index (χ1n) is 8.54. The number of nitro benzene ring substituents is 1. The van der Waals surface area contributed by atoms with Gasteiger partial charge in [0.2, 0.25) is 0 Å². The Labute approximate surface area is 170 Å². The van der Waals surface area contributed by atoms with Crippen LogP contribution in [0.1, 0.15) is 17.3 Å². The highest BCUT2D eigenvalue weighted by atomic mass is 35.5. The number of esters is 1. The average Bonchev–Trinajstić information content (AvgIpc) is 3.24. The molecule has 0 aliphatic rings. The van der Waals surface area contributed by atoms with Gasteiger partial charge < -0.3 is 14.6 Å². The summed E-state index contributed by atoms with van der Waals surface area (Å²) in [5.74, 6) is -1.33. The van der Waals surface area contributed by atoms with Gasteiger partial charge in [-0.1, -0.05) is 11.6 Å². The lowest BCUT2D eigenvalue weighted by Crippen LogP contribution is -2.30. The molecule has 1 atom stereocenters. The molecule has 3 rings (SSSR count). The van der Waals surface area contributed by atoms with Crippen molar-refractivity contribution in [3.63, 3.8) is 0 Å². The van der Waals surface area contributed by atoms with Crippen molar-refractivity contribution in [1.29, 1.82) is 0 Å². The Kier molecular flexibility index (Phi) is 5.94. The average molecular weight is 414 g/mol. The minimum Gasteiger partial charge on any atom is -0.449 e. The van der Waals surface area contributed by atoms with Crippen molar-refractivity contribution in [2.75, 3.05) is 5.32 Å². The molecule has 1 N–H and O–H groups in total. The predicted octanol–water partition coefficient (Wildman–Crippen LogP) is 4.22. The van der Waals surface area contributed by atoms with Gasteiger partial charge in [-0.25, -0.2) is 4.79 Å². The standard InChI is InChI=1S/C20H16ClN3O5/c1-13(19(25)22-18-12-16(24(27)28)8-9-17(18)21)29-20(26)14-4-6-15(7-5-14)23-10-2-3-11-23/h2-13H,1H3,(H,22,25). The Morgan fingerprint density at radius 2 is 1.79 bits per heavy atom. The number of halogens is 1. The molecule has 2 aromatic carbocycles. The number of hydrogen-bond donors (Lipinski definition) is 1. The van der Waals surface area contributed by atoms with E-state index in [4.69, 9.17) is 16.3 Å². The molecule has 1 unspecified atom stereocenters. The van der Waals surface area contributed by atoms with E-state index in [9.17, 15) is 19.7 Å². The SMILES string of the molecule is CC(OC(=O)c1ccc(-n2cccc2)cc1)C(=O)Nc1cc([N+](=O)[O-])ccc1Cl. The molecular formula is C20H16ClN3O5. The molecule has 0 spiro atoms. The summed E-state index contributed by atoms with van der Waals surface area (Å²) >= 11 is 5.96. The van der Waals surface area contributed by atoms with E-state index in [0.29, 0.717) is 0 Å². The van der Waals surface area contributed by atoms with Gasteiger partial charge in [-0.15, -0.1) is 0 Å². The second kappa shape index (κ2) is 8.57. The van der Waals surface area contributed by atoms with Crippen molar-refractivity contribution in [3.05, 3.63) is 87.7 Å². The van der Waals surface area contributed by atoms with Crippen molar-refractivity contribution < 1.29 is 19.2 Å². The molecule has 8 nitrogen and oxygen atoms in total. The first-order chi connectivity index (χ1) is 13.8. The number of nitrogens with zero attached hydrogens (tertiary/aromatic N) is 2. The zero-order chi connectivity index (χ0) is 21.0. The lowest BCUT2D eigenvalue weighted by molar-refractivity contribution is -0.384. The maximum absolute atomic E-state index is 12.3. The molecule has 0 saturated carbocycles. The third kappa shape index (κ3) is 4.80. The summed E-state index contributed by atoms with van der Waals surface area (Å²) in [6.45, 7) is 1.40. The third-order valence-corrected chi connectivity index (χ3v) is 4.41. The highest BCUT2D eigenvalue weighted by Crippen LogP contribution is 2.27. The van der Waals surface area contributed by atoms with E-state index < -0.39 is 22.9 Å². The number of ether oxygens (including phenoxy) is 1. The summed E-state index contributed by atoms with van der Waals surface area (Å²) in [5.41, 5.74) is 0.994. The second-order valence-corrected chi connectivity index (χ2v) is 6.50. The van der Waals surface area contributed by atoms with E-state index in [-0.39, 0.29) is 22.0 Å². The molecule has 148 valence electrons. The maximum Gasteiger partial charge on any atom is 0.338 e. The van der Waals surface area contributed by atoms with Crippen molar-refractivity contribution in [3.8, 4) is 5.69 Å². The number of carbonyl (C=O) groups is 2. The van der Waals surface area contributed by atoms with Gasteiger partial charge in [0.1, 0.15) is 0 Å². The maximum atomic E-state index is 12.3. The number of rotatable bonds is 6. The van der Waals surface area contributed by atoms with E-state index in [0.717, 1.165) is 11.8 Å². The van der Waals surface area contributed by atoms with E-state index in [2.05, 4.69) is 5.32 Å². The highest BCUT2D eigenvalue weighted by Gasteiger charge is 2.21. The Hall–Kier alpha value is -3.65. The predicted molar refractivity (Wildman–Crippen MR) is 107 cm³/mol. The highest BCUT2D eigenvalue weighted by molar-refractivity contribution is 6.33. The number of carbonyl (C=O) groups excluding carboxylic acids is 2. The molecule has 1 amide bonds. The number of hydrogen-bond acceptors (Lipinski definition) is 5. The lowest BCUT2D eigenvalue weighted by atomic mass is 10.2. The van der Waals surface area contributed by atoms with Crippen LogP contribution in [0.25, 0.3) is 5.69 Å². The summed E-state index contributed by atoms with van der Waals surface area (Å²) in [6, 6.07) is 14.1. The zero-order valence-corrected chi connectivity index (χ0v) is 16.0. The van der Waals surface area contributed by atoms with Crippen LogP contribution in [0.2, 0.25) is 5.02 Å². The summed E-state index contributed by atoms with van der Waals surface area (Å²) < 4.78 is 7.07. The van der Waals surface area contributed by atoms with Crippen LogP contribution in [0.3, 0.4) is 0 Å². The summed E-state index contributed by atoms with van der Waals surface area (Å²) in [5, 5.41) is 13.4.